The first-order valence-corrected chi connectivity index (χ1v) is 6.49. The fourth-order valence-corrected chi connectivity index (χ4v) is 3.11. The molecule has 1 aliphatic heterocycles. The van der Waals surface area contributed by atoms with Crippen molar-refractivity contribution in [3.63, 3.8) is 0 Å². The molecule has 2 atom stereocenters. The first-order chi connectivity index (χ1) is 7.38. The van der Waals surface area contributed by atoms with E-state index in [1.807, 2.05) is 0 Å². The third kappa shape index (κ3) is 2.91. The summed E-state index contributed by atoms with van der Waals surface area (Å²) >= 11 is 0. The molecule has 8 heteroatoms. The Kier molecular flexibility index (Phi) is 4.25. The fraction of sp³-hybridized carbons (Fsp3) is 0.875. The Labute approximate surface area is 94.9 Å². The normalized spacial score (nSPS) is 25.3. The van der Waals surface area contributed by atoms with Gasteiger partial charge in [0, 0.05) is 13.6 Å². The third-order valence-corrected chi connectivity index (χ3v) is 4.54. The molecule has 1 rings (SSSR count). The molecule has 0 radical (unpaired) electrons. The van der Waals surface area contributed by atoms with E-state index >= 15 is 0 Å². The van der Waals surface area contributed by atoms with Crippen LogP contribution in [0, 0.1) is 0 Å². The summed E-state index contributed by atoms with van der Waals surface area (Å²) in [6, 6.07) is -0.857. The minimum atomic E-state index is -3.29. The Bertz CT molecular complexity index is 356. The number of sulfonamides is 1. The average molecular weight is 251 g/mol. The second kappa shape index (κ2) is 5.09. The minimum absolute atomic E-state index is 0.113. The van der Waals surface area contributed by atoms with Gasteiger partial charge in [0.25, 0.3) is 5.91 Å². The number of nitrogens with one attached hydrogen (secondary N) is 1. The van der Waals surface area contributed by atoms with Crippen LogP contribution in [0.3, 0.4) is 0 Å². The Balaban J connectivity index is 2.58. The number of hydroxylamine groups is 2. The largest absolute Gasteiger partial charge is 0.320 e. The molecule has 0 aromatic heterocycles. The van der Waals surface area contributed by atoms with E-state index in [1.165, 1.54) is 14.2 Å². The van der Waals surface area contributed by atoms with Crippen LogP contribution < -0.4 is 10.5 Å². The predicted molar refractivity (Wildman–Crippen MR) is 57.7 cm³/mol. The molecular formula is C8H17N3O4S. The van der Waals surface area contributed by atoms with Gasteiger partial charge in [-0.15, -0.1) is 0 Å². The summed E-state index contributed by atoms with van der Waals surface area (Å²) in [6.45, 7) is 0.411. The van der Waals surface area contributed by atoms with Crippen molar-refractivity contribution < 1.29 is 18.0 Å². The van der Waals surface area contributed by atoms with Gasteiger partial charge in [0.1, 0.15) is 0 Å². The maximum Gasteiger partial charge on any atom is 0.262 e. The van der Waals surface area contributed by atoms with E-state index in [2.05, 4.69) is 9.56 Å². The second-order valence-electron chi connectivity index (χ2n) is 3.71. The second-order valence-corrected chi connectivity index (χ2v) is 5.76. The molecule has 0 aromatic rings. The summed E-state index contributed by atoms with van der Waals surface area (Å²) in [5.74, 6) is -0.426. The Hall–Kier alpha value is -0.700. The van der Waals surface area contributed by atoms with Crippen molar-refractivity contribution in [2.45, 2.75) is 24.1 Å². The molecule has 0 aromatic carbocycles. The summed E-state index contributed by atoms with van der Waals surface area (Å²) in [7, 11) is -0.510. The standard InChI is InChI=1S/C8H17N3O4S/c1-11(15-2)8(12)7(9)5-6-3-4-10-16(6,13)14/h6-7,10H,3-5,9H2,1-2H3/t6?,7-/m0/s1. The third-order valence-electron chi connectivity index (χ3n) is 2.63. The van der Waals surface area contributed by atoms with Crippen molar-refractivity contribution in [3.05, 3.63) is 0 Å². The summed E-state index contributed by atoms with van der Waals surface area (Å²) in [4.78, 5) is 16.2. The van der Waals surface area contributed by atoms with E-state index in [0.29, 0.717) is 13.0 Å². The number of hydrogen-bond acceptors (Lipinski definition) is 5. The Morgan fingerprint density at radius 2 is 2.31 bits per heavy atom. The maximum atomic E-state index is 11.5. The molecule has 16 heavy (non-hydrogen) atoms. The zero-order valence-electron chi connectivity index (χ0n) is 9.34. The van der Waals surface area contributed by atoms with E-state index in [1.54, 1.807) is 0 Å². The summed E-state index contributed by atoms with van der Waals surface area (Å²) in [6.07, 6.45) is 0.599. The lowest BCUT2D eigenvalue weighted by Gasteiger charge is -2.20. The van der Waals surface area contributed by atoms with Crippen LogP contribution in [-0.2, 0) is 19.7 Å². The van der Waals surface area contributed by atoms with Crippen LogP contribution in [0.15, 0.2) is 0 Å². The SMILES string of the molecule is CON(C)C(=O)[C@@H](N)CC1CCNS1(=O)=O. The number of hydrogen-bond donors (Lipinski definition) is 2. The van der Waals surface area contributed by atoms with Crippen molar-refractivity contribution >= 4 is 15.9 Å². The quantitative estimate of drug-likeness (QED) is 0.587. The van der Waals surface area contributed by atoms with E-state index in [9.17, 15) is 13.2 Å². The molecule has 1 aliphatic rings. The van der Waals surface area contributed by atoms with Crippen LogP contribution >= 0.6 is 0 Å². The van der Waals surface area contributed by atoms with Gasteiger partial charge >= 0.3 is 0 Å². The molecular weight excluding hydrogens is 234 g/mol. The molecule has 1 heterocycles. The molecule has 1 fully saturated rings. The van der Waals surface area contributed by atoms with Gasteiger partial charge in [0.15, 0.2) is 0 Å². The van der Waals surface area contributed by atoms with E-state index in [-0.39, 0.29) is 6.42 Å². The van der Waals surface area contributed by atoms with Crippen LogP contribution in [0.5, 0.6) is 0 Å². The zero-order valence-corrected chi connectivity index (χ0v) is 10.2. The van der Waals surface area contributed by atoms with Gasteiger partial charge in [-0.05, 0) is 12.8 Å². The highest BCUT2D eigenvalue weighted by Gasteiger charge is 2.34. The molecule has 7 nitrogen and oxygen atoms in total. The minimum Gasteiger partial charge on any atom is -0.320 e. The molecule has 3 N–H and O–H groups in total. The number of nitrogens with zero attached hydrogens (tertiary/aromatic N) is 1. The van der Waals surface area contributed by atoms with Crippen LogP contribution in [0.25, 0.3) is 0 Å². The molecule has 1 amide bonds. The zero-order chi connectivity index (χ0) is 12.3. The molecule has 0 bridgehead atoms. The van der Waals surface area contributed by atoms with Crippen molar-refractivity contribution in [2.75, 3.05) is 20.7 Å². The van der Waals surface area contributed by atoms with Gasteiger partial charge in [-0.25, -0.2) is 18.2 Å². The highest BCUT2D eigenvalue weighted by molar-refractivity contribution is 7.90. The number of amides is 1. The lowest BCUT2D eigenvalue weighted by atomic mass is 10.1. The van der Waals surface area contributed by atoms with Gasteiger partial charge in [-0.3, -0.25) is 9.63 Å². The Morgan fingerprint density at radius 1 is 1.69 bits per heavy atom. The van der Waals surface area contributed by atoms with Crippen LogP contribution in [0.1, 0.15) is 12.8 Å². The number of carbonyl (C=O) groups is 1. The van der Waals surface area contributed by atoms with Crippen molar-refractivity contribution in [3.8, 4) is 0 Å². The molecule has 0 spiro atoms. The van der Waals surface area contributed by atoms with Crippen LogP contribution in [0.2, 0.25) is 0 Å². The van der Waals surface area contributed by atoms with E-state index in [4.69, 9.17) is 5.73 Å². The lowest BCUT2D eigenvalue weighted by molar-refractivity contribution is -0.170. The van der Waals surface area contributed by atoms with Crippen LogP contribution in [0.4, 0.5) is 0 Å². The first-order valence-electron chi connectivity index (χ1n) is 4.94. The monoisotopic (exact) mass is 251 g/mol. The number of nitrogens with two attached hydrogens (primary N) is 1. The molecule has 0 saturated carbocycles. The molecule has 94 valence electrons. The van der Waals surface area contributed by atoms with Gasteiger partial charge in [-0.2, -0.15) is 0 Å². The highest BCUT2D eigenvalue weighted by Crippen LogP contribution is 2.16. The van der Waals surface area contributed by atoms with Crippen molar-refractivity contribution in [2.24, 2.45) is 5.73 Å². The van der Waals surface area contributed by atoms with E-state index < -0.39 is 27.2 Å². The number of carbonyl (C=O) groups excluding carboxylic acids is 1. The van der Waals surface area contributed by atoms with E-state index in [0.717, 1.165) is 5.06 Å². The van der Waals surface area contributed by atoms with Crippen LogP contribution in [-0.4, -0.2) is 51.4 Å². The van der Waals surface area contributed by atoms with Crippen molar-refractivity contribution in [1.82, 2.24) is 9.79 Å². The smallest absolute Gasteiger partial charge is 0.262 e. The highest BCUT2D eigenvalue weighted by atomic mass is 32.2. The molecule has 1 unspecified atom stereocenters. The maximum absolute atomic E-state index is 11.5. The predicted octanol–water partition coefficient (Wildman–Crippen LogP) is -1.58. The summed E-state index contributed by atoms with van der Waals surface area (Å²) in [5, 5.41) is 0.413. The summed E-state index contributed by atoms with van der Waals surface area (Å²) in [5.41, 5.74) is 5.63. The molecule has 0 aliphatic carbocycles. The van der Waals surface area contributed by atoms with Crippen molar-refractivity contribution in [1.29, 1.82) is 0 Å². The van der Waals surface area contributed by atoms with Gasteiger partial charge < -0.3 is 5.73 Å². The fourth-order valence-electron chi connectivity index (χ4n) is 1.59. The number of rotatable bonds is 4. The van der Waals surface area contributed by atoms with Gasteiger partial charge in [0.2, 0.25) is 10.0 Å². The van der Waals surface area contributed by atoms with Gasteiger partial charge in [0.05, 0.1) is 18.4 Å². The topological polar surface area (TPSA) is 102 Å². The molecule has 1 saturated heterocycles. The first kappa shape index (κ1) is 13.4. The average Bonchev–Trinajstić information content (AvgIpc) is 2.56. The Morgan fingerprint density at radius 3 is 2.75 bits per heavy atom. The number of likely N-dealkylation sites (N-methyl/N-ethyl adjacent to an activating group) is 1. The van der Waals surface area contributed by atoms with Gasteiger partial charge in [-0.1, -0.05) is 0 Å². The lowest BCUT2D eigenvalue weighted by Crippen LogP contribution is -2.44. The summed E-state index contributed by atoms with van der Waals surface area (Å²) < 4.78 is 25.3.